The zero-order valence-electron chi connectivity index (χ0n) is 17.9. The van der Waals surface area contributed by atoms with Crippen molar-refractivity contribution in [3.05, 3.63) is 53.6 Å². The maximum Gasteiger partial charge on any atom is 0.225 e. The fourth-order valence-corrected chi connectivity index (χ4v) is 3.45. The summed E-state index contributed by atoms with van der Waals surface area (Å²) in [6.45, 7) is 11.0. The van der Waals surface area contributed by atoms with Gasteiger partial charge in [-0.05, 0) is 50.1 Å². The summed E-state index contributed by atoms with van der Waals surface area (Å²) in [5, 5.41) is 6.67. The van der Waals surface area contributed by atoms with Crippen LogP contribution in [0.15, 0.2) is 41.7 Å². The van der Waals surface area contributed by atoms with Crippen LogP contribution in [0.25, 0.3) is 0 Å². The van der Waals surface area contributed by atoms with Gasteiger partial charge >= 0.3 is 0 Å². The van der Waals surface area contributed by atoms with Gasteiger partial charge in [-0.2, -0.15) is 0 Å². The first-order valence-corrected chi connectivity index (χ1v) is 10.7. The second-order valence-corrected chi connectivity index (χ2v) is 7.44. The molecule has 0 aliphatic carbocycles. The van der Waals surface area contributed by atoms with E-state index in [1.807, 2.05) is 12.1 Å². The van der Waals surface area contributed by atoms with Gasteiger partial charge in [0, 0.05) is 51.7 Å². The number of aliphatic imine (C=N–C) groups is 1. The van der Waals surface area contributed by atoms with E-state index >= 15 is 0 Å². The van der Waals surface area contributed by atoms with Crippen LogP contribution >= 0.6 is 0 Å². The monoisotopic (exact) mass is 413 g/mol. The summed E-state index contributed by atoms with van der Waals surface area (Å²) in [7, 11) is 0. The molecule has 0 spiro atoms. The van der Waals surface area contributed by atoms with Gasteiger partial charge in [-0.15, -0.1) is 0 Å². The first kappa shape index (κ1) is 22.0. The molecular formula is C22H32FN7. The number of hydrogen-bond donors (Lipinski definition) is 2. The lowest BCUT2D eigenvalue weighted by Gasteiger charge is -2.34. The minimum absolute atomic E-state index is 0.176. The zero-order valence-corrected chi connectivity index (χ0v) is 17.9. The van der Waals surface area contributed by atoms with Crippen molar-refractivity contribution >= 4 is 11.9 Å². The Bertz CT molecular complexity index is 804. The molecule has 30 heavy (non-hydrogen) atoms. The molecule has 162 valence electrons. The van der Waals surface area contributed by atoms with Gasteiger partial charge in [-0.25, -0.2) is 19.4 Å². The lowest BCUT2D eigenvalue weighted by Crippen LogP contribution is -2.47. The Hall–Kier alpha value is -2.74. The van der Waals surface area contributed by atoms with E-state index in [9.17, 15) is 4.39 Å². The first-order valence-electron chi connectivity index (χ1n) is 10.7. The van der Waals surface area contributed by atoms with E-state index in [1.165, 1.54) is 6.07 Å². The van der Waals surface area contributed by atoms with Crippen LogP contribution in [0.1, 0.15) is 24.5 Å². The number of rotatable bonds is 8. The number of aryl methyl sites for hydroxylation is 1. The van der Waals surface area contributed by atoms with Crippen LogP contribution in [0.5, 0.6) is 0 Å². The van der Waals surface area contributed by atoms with E-state index in [1.54, 1.807) is 25.4 Å². The topological polar surface area (TPSA) is 68.7 Å². The number of nitrogens with one attached hydrogen (secondary N) is 2. The van der Waals surface area contributed by atoms with E-state index in [0.29, 0.717) is 12.1 Å². The van der Waals surface area contributed by atoms with Gasteiger partial charge in [-0.1, -0.05) is 12.1 Å². The van der Waals surface area contributed by atoms with Gasteiger partial charge in [-0.3, -0.25) is 4.90 Å². The zero-order chi connectivity index (χ0) is 21.2. The molecule has 1 aliphatic heterocycles. The molecule has 2 N–H and O–H groups in total. The molecule has 0 amide bonds. The third-order valence-electron chi connectivity index (χ3n) is 5.14. The van der Waals surface area contributed by atoms with Crippen molar-refractivity contribution in [1.29, 1.82) is 0 Å². The van der Waals surface area contributed by atoms with Crippen molar-refractivity contribution in [2.45, 2.75) is 26.8 Å². The van der Waals surface area contributed by atoms with Gasteiger partial charge in [0.05, 0.1) is 6.54 Å². The molecule has 0 unspecified atom stereocenters. The number of halogens is 1. The number of benzene rings is 1. The van der Waals surface area contributed by atoms with Crippen molar-refractivity contribution in [3.8, 4) is 0 Å². The predicted molar refractivity (Wildman–Crippen MR) is 119 cm³/mol. The molecule has 8 heteroatoms. The average molecular weight is 414 g/mol. The summed E-state index contributed by atoms with van der Waals surface area (Å²) in [5.41, 5.74) is 1.66. The summed E-state index contributed by atoms with van der Waals surface area (Å²) >= 11 is 0. The number of guanidine groups is 1. The summed E-state index contributed by atoms with van der Waals surface area (Å²) in [6.07, 6.45) is 4.63. The largest absolute Gasteiger partial charge is 0.357 e. The Labute approximate surface area is 178 Å². The highest BCUT2D eigenvalue weighted by Gasteiger charge is 2.18. The number of nitrogens with zero attached hydrogens (tertiary/aromatic N) is 5. The molecule has 1 aliphatic rings. The van der Waals surface area contributed by atoms with Crippen molar-refractivity contribution < 1.29 is 4.39 Å². The SMILES string of the molecule is CCNC(=NCc1ccc(F)c(C)c1)NCCCN1CCN(c2ncccn2)CC1. The van der Waals surface area contributed by atoms with E-state index in [4.69, 9.17) is 0 Å². The normalized spacial score (nSPS) is 15.3. The molecular weight excluding hydrogens is 381 g/mol. The standard InChI is InChI=1S/C22H32FN7/c1-3-24-21(28-17-19-6-7-20(23)18(2)16-19)25-10-5-11-29-12-14-30(15-13-29)22-26-8-4-9-27-22/h4,6-9,16H,3,5,10-15,17H2,1-2H3,(H2,24,25,28). The quantitative estimate of drug-likeness (QED) is 0.393. The second kappa shape index (κ2) is 11.4. The molecule has 1 aromatic heterocycles. The van der Waals surface area contributed by atoms with Crippen LogP contribution in [-0.4, -0.2) is 66.6 Å². The van der Waals surface area contributed by atoms with Gasteiger partial charge < -0.3 is 15.5 Å². The van der Waals surface area contributed by atoms with Crippen molar-refractivity contribution in [1.82, 2.24) is 25.5 Å². The molecule has 0 radical (unpaired) electrons. The minimum atomic E-state index is -0.176. The Morgan fingerprint density at radius 1 is 1.13 bits per heavy atom. The van der Waals surface area contributed by atoms with Crippen LogP contribution in [0.3, 0.4) is 0 Å². The molecule has 1 saturated heterocycles. The van der Waals surface area contributed by atoms with Crippen LogP contribution < -0.4 is 15.5 Å². The Balaban J connectivity index is 1.38. The van der Waals surface area contributed by atoms with Crippen molar-refractivity contribution in [2.75, 3.05) is 50.7 Å². The van der Waals surface area contributed by atoms with Crippen LogP contribution in [0.4, 0.5) is 10.3 Å². The summed E-state index contributed by atoms with van der Waals surface area (Å²) in [5.74, 6) is 1.44. The van der Waals surface area contributed by atoms with E-state index < -0.39 is 0 Å². The average Bonchev–Trinajstić information content (AvgIpc) is 2.78. The predicted octanol–water partition coefficient (Wildman–Crippen LogP) is 2.19. The van der Waals surface area contributed by atoms with Crippen LogP contribution in [0.2, 0.25) is 0 Å². The Morgan fingerprint density at radius 2 is 1.90 bits per heavy atom. The summed E-state index contributed by atoms with van der Waals surface area (Å²) in [6, 6.07) is 6.99. The van der Waals surface area contributed by atoms with Gasteiger partial charge in [0.1, 0.15) is 5.82 Å². The molecule has 7 nitrogen and oxygen atoms in total. The maximum absolute atomic E-state index is 13.4. The van der Waals surface area contributed by atoms with Crippen LogP contribution in [-0.2, 0) is 6.54 Å². The molecule has 2 aromatic rings. The smallest absolute Gasteiger partial charge is 0.225 e. The number of aromatic nitrogens is 2. The molecule has 1 aromatic carbocycles. The highest BCUT2D eigenvalue weighted by molar-refractivity contribution is 5.79. The van der Waals surface area contributed by atoms with Gasteiger partial charge in [0.2, 0.25) is 5.95 Å². The van der Waals surface area contributed by atoms with Gasteiger partial charge in [0.15, 0.2) is 5.96 Å². The molecule has 0 atom stereocenters. The highest BCUT2D eigenvalue weighted by atomic mass is 19.1. The lowest BCUT2D eigenvalue weighted by molar-refractivity contribution is 0.254. The summed E-state index contributed by atoms with van der Waals surface area (Å²) in [4.78, 5) is 18.0. The van der Waals surface area contributed by atoms with Crippen molar-refractivity contribution in [3.63, 3.8) is 0 Å². The van der Waals surface area contributed by atoms with E-state index in [-0.39, 0.29) is 5.82 Å². The molecule has 3 rings (SSSR count). The molecule has 0 saturated carbocycles. The lowest BCUT2D eigenvalue weighted by atomic mass is 10.1. The minimum Gasteiger partial charge on any atom is -0.357 e. The Morgan fingerprint density at radius 3 is 2.60 bits per heavy atom. The Kier molecular flexibility index (Phi) is 8.38. The van der Waals surface area contributed by atoms with Crippen LogP contribution in [0, 0.1) is 12.7 Å². The fraction of sp³-hybridized carbons (Fsp3) is 0.500. The fourth-order valence-electron chi connectivity index (χ4n) is 3.45. The third kappa shape index (κ3) is 6.66. The van der Waals surface area contributed by atoms with E-state index in [0.717, 1.165) is 69.7 Å². The maximum atomic E-state index is 13.4. The third-order valence-corrected chi connectivity index (χ3v) is 5.14. The van der Waals surface area contributed by atoms with E-state index in [2.05, 4.69) is 42.3 Å². The second-order valence-electron chi connectivity index (χ2n) is 7.44. The number of hydrogen-bond acceptors (Lipinski definition) is 5. The number of anilines is 1. The summed E-state index contributed by atoms with van der Waals surface area (Å²) < 4.78 is 13.4. The van der Waals surface area contributed by atoms with Gasteiger partial charge in [0.25, 0.3) is 0 Å². The van der Waals surface area contributed by atoms with Crippen molar-refractivity contribution in [2.24, 2.45) is 4.99 Å². The highest BCUT2D eigenvalue weighted by Crippen LogP contribution is 2.11. The first-order chi connectivity index (χ1) is 14.7. The molecule has 0 bridgehead atoms. The number of piperazine rings is 1. The molecule has 2 heterocycles. The molecule has 1 fully saturated rings.